The van der Waals surface area contributed by atoms with Gasteiger partial charge in [0.05, 0.1) is 11.0 Å². The van der Waals surface area contributed by atoms with Gasteiger partial charge < -0.3 is 14.8 Å². The van der Waals surface area contributed by atoms with E-state index < -0.39 is 0 Å². The van der Waals surface area contributed by atoms with Gasteiger partial charge in [0.15, 0.2) is 0 Å². The van der Waals surface area contributed by atoms with Crippen LogP contribution in [0.25, 0.3) is 11.0 Å². The molecule has 1 saturated heterocycles. The highest BCUT2D eigenvalue weighted by Crippen LogP contribution is 2.20. The molecule has 0 spiro atoms. The second kappa shape index (κ2) is 8.67. The number of hydrogen-bond donors (Lipinski definition) is 1. The average Bonchev–Trinajstić information content (AvgIpc) is 3.07. The summed E-state index contributed by atoms with van der Waals surface area (Å²) in [6, 6.07) is 15.3. The Kier molecular flexibility index (Phi) is 5.81. The molecule has 2 aromatic carbocycles. The van der Waals surface area contributed by atoms with E-state index >= 15 is 0 Å². The lowest BCUT2D eigenvalue weighted by atomic mass is 10.2. The monoisotopic (exact) mass is 405 g/mol. The number of carbonyl (C=O) groups excluding carboxylic acids is 2. The van der Waals surface area contributed by atoms with E-state index in [4.69, 9.17) is 4.98 Å². The molecule has 1 N–H and O–H groups in total. The van der Waals surface area contributed by atoms with Crippen LogP contribution in [0.3, 0.4) is 0 Å². The van der Waals surface area contributed by atoms with Gasteiger partial charge in [0, 0.05) is 64.4 Å². The summed E-state index contributed by atoms with van der Waals surface area (Å²) in [6.07, 6.45) is 0.841. The Bertz CT molecular complexity index is 1050. The SMILES string of the molecule is CC(=O)Nc1ccc2c(c1)nc(CCN1CCN(C(=O)c3ccccc3)CC1)n2C. The van der Waals surface area contributed by atoms with Gasteiger partial charge in [-0.2, -0.15) is 0 Å². The van der Waals surface area contributed by atoms with Gasteiger partial charge >= 0.3 is 0 Å². The summed E-state index contributed by atoms with van der Waals surface area (Å²) in [7, 11) is 2.03. The highest BCUT2D eigenvalue weighted by Gasteiger charge is 2.22. The minimum atomic E-state index is -0.0876. The number of nitrogens with one attached hydrogen (secondary N) is 1. The summed E-state index contributed by atoms with van der Waals surface area (Å²) in [4.78, 5) is 33.0. The van der Waals surface area contributed by atoms with Crippen molar-refractivity contribution >= 4 is 28.5 Å². The van der Waals surface area contributed by atoms with E-state index in [2.05, 4.69) is 14.8 Å². The first kappa shape index (κ1) is 20.1. The lowest BCUT2D eigenvalue weighted by molar-refractivity contribution is -0.114. The first-order chi connectivity index (χ1) is 14.5. The zero-order chi connectivity index (χ0) is 21.1. The molecule has 4 rings (SSSR count). The molecule has 0 saturated carbocycles. The topological polar surface area (TPSA) is 70.5 Å². The molecule has 0 bridgehead atoms. The zero-order valence-corrected chi connectivity index (χ0v) is 17.5. The summed E-state index contributed by atoms with van der Waals surface area (Å²) in [6.45, 7) is 5.64. The predicted molar refractivity (Wildman–Crippen MR) is 118 cm³/mol. The minimum absolute atomic E-state index is 0.0876. The van der Waals surface area contributed by atoms with Gasteiger partial charge in [-0.1, -0.05) is 18.2 Å². The zero-order valence-electron chi connectivity index (χ0n) is 17.5. The molecular weight excluding hydrogens is 378 g/mol. The number of hydrogen-bond acceptors (Lipinski definition) is 4. The third-order valence-electron chi connectivity index (χ3n) is 5.63. The number of benzene rings is 2. The van der Waals surface area contributed by atoms with E-state index in [0.717, 1.165) is 67.3 Å². The maximum Gasteiger partial charge on any atom is 0.253 e. The highest BCUT2D eigenvalue weighted by atomic mass is 16.2. The predicted octanol–water partition coefficient (Wildman–Crippen LogP) is 2.53. The molecule has 7 heteroatoms. The van der Waals surface area contributed by atoms with Crippen molar-refractivity contribution in [1.82, 2.24) is 19.4 Å². The smallest absolute Gasteiger partial charge is 0.253 e. The van der Waals surface area contributed by atoms with Gasteiger partial charge in [-0.05, 0) is 30.3 Å². The maximum absolute atomic E-state index is 12.6. The van der Waals surface area contributed by atoms with Crippen LogP contribution in [-0.2, 0) is 18.3 Å². The first-order valence-corrected chi connectivity index (χ1v) is 10.3. The van der Waals surface area contributed by atoms with Gasteiger partial charge in [0.1, 0.15) is 5.82 Å². The molecule has 156 valence electrons. The molecule has 7 nitrogen and oxygen atoms in total. The summed E-state index contributed by atoms with van der Waals surface area (Å²) >= 11 is 0. The molecule has 0 atom stereocenters. The van der Waals surface area contributed by atoms with Crippen molar-refractivity contribution in [3.05, 3.63) is 59.9 Å². The molecule has 1 fully saturated rings. The Morgan fingerprint density at radius 2 is 1.77 bits per heavy atom. The maximum atomic E-state index is 12.6. The Labute approximate surface area is 176 Å². The summed E-state index contributed by atoms with van der Waals surface area (Å²) in [5.74, 6) is 1.05. The van der Waals surface area contributed by atoms with Crippen LogP contribution < -0.4 is 5.32 Å². The number of aromatic nitrogens is 2. The number of nitrogens with zero attached hydrogens (tertiary/aromatic N) is 4. The number of rotatable bonds is 5. The van der Waals surface area contributed by atoms with Crippen molar-refractivity contribution < 1.29 is 9.59 Å². The molecule has 2 heterocycles. The molecule has 0 aliphatic carbocycles. The van der Waals surface area contributed by atoms with Crippen LogP contribution in [0.1, 0.15) is 23.1 Å². The van der Waals surface area contributed by atoms with E-state index in [1.54, 1.807) is 0 Å². The molecule has 1 aliphatic heterocycles. The fourth-order valence-corrected chi connectivity index (χ4v) is 3.95. The number of aryl methyl sites for hydroxylation is 1. The molecule has 0 radical (unpaired) electrons. The van der Waals surface area contributed by atoms with Crippen molar-refractivity contribution in [3.8, 4) is 0 Å². The molecule has 30 heavy (non-hydrogen) atoms. The summed E-state index contributed by atoms with van der Waals surface area (Å²) in [5.41, 5.74) is 3.46. The lowest BCUT2D eigenvalue weighted by Gasteiger charge is -2.34. The van der Waals surface area contributed by atoms with Crippen LogP contribution in [0.4, 0.5) is 5.69 Å². The summed E-state index contributed by atoms with van der Waals surface area (Å²) in [5, 5.41) is 2.81. The number of piperazine rings is 1. The largest absolute Gasteiger partial charge is 0.336 e. The van der Waals surface area contributed by atoms with Gasteiger partial charge in [-0.25, -0.2) is 4.98 Å². The van der Waals surface area contributed by atoms with E-state index in [1.807, 2.05) is 60.5 Å². The lowest BCUT2D eigenvalue weighted by Crippen LogP contribution is -2.49. The third-order valence-corrected chi connectivity index (χ3v) is 5.63. The van der Waals surface area contributed by atoms with E-state index in [0.29, 0.717) is 0 Å². The van der Waals surface area contributed by atoms with E-state index in [9.17, 15) is 9.59 Å². The number of amides is 2. The molecular formula is C23H27N5O2. The van der Waals surface area contributed by atoms with Crippen molar-refractivity contribution in [2.75, 3.05) is 38.0 Å². The van der Waals surface area contributed by atoms with Crippen LogP contribution in [0.15, 0.2) is 48.5 Å². The van der Waals surface area contributed by atoms with E-state index in [-0.39, 0.29) is 11.8 Å². The van der Waals surface area contributed by atoms with Crippen LogP contribution in [0.2, 0.25) is 0 Å². The third kappa shape index (κ3) is 4.36. The van der Waals surface area contributed by atoms with Crippen molar-refractivity contribution in [2.24, 2.45) is 7.05 Å². The van der Waals surface area contributed by atoms with Crippen LogP contribution in [0, 0.1) is 0 Å². The van der Waals surface area contributed by atoms with Gasteiger partial charge in [0.25, 0.3) is 5.91 Å². The Balaban J connectivity index is 1.34. The minimum Gasteiger partial charge on any atom is -0.336 e. The van der Waals surface area contributed by atoms with Crippen LogP contribution >= 0.6 is 0 Å². The fraction of sp³-hybridized carbons (Fsp3) is 0.348. The second-order valence-corrected chi connectivity index (χ2v) is 7.72. The molecule has 2 amide bonds. The van der Waals surface area contributed by atoms with Gasteiger partial charge in [-0.15, -0.1) is 0 Å². The Hall–Kier alpha value is -3.19. The number of imidazole rings is 1. The molecule has 3 aromatic rings. The summed E-state index contributed by atoms with van der Waals surface area (Å²) < 4.78 is 2.11. The number of fused-ring (bicyclic) bond motifs is 1. The van der Waals surface area contributed by atoms with E-state index in [1.165, 1.54) is 6.92 Å². The van der Waals surface area contributed by atoms with Crippen molar-refractivity contribution in [1.29, 1.82) is 0 Å². The van der Waals surface area contributed by atoms with Crippen molar-refractivity contribution in [3.63, 3.8) is 0 Å². The van der Waals surface area contributed by atoms with Gasteiger partial charge in [0.2, 0.25) is 5.91 Å². The molecule has 0 unspecified atom stereocenters. The average molecular weight is 406 g/mol. The Morgan fingerprint density at radius 1 is 1.03 bits per heavy atom. The number of anilines is 1. The Morgan fingerprint density at radius 3 is 2.47 bits per heavy atom. The number of carbonyl (C=O) groups is 2. The fourth-order valence-electron chi connectivity index (χ4n) is 3.95. The highest BCUT2D eigenvalue weighted by molar-refractivity contribution is 5.94. The normalized spacial score (nSPS) is 14.8. The molecule has 1 aromatic heterocycles. The van der Waals surface area contributed by atoms with Crippen molar-refractivity contribution in [2.45, 2.75) is 13.3 Å². The first-order valence-electron chi connectivity index (χ1n) is 10.3. The van der Waals surface area contributed by atoms with Crippen LogP contribution in [-0.4, -0.2) is 63.9 Å². The van der Waals surface area contributed by atoms with Gasteiger partial charge in [-0.3, -0.25) is 14.5 Å². The second-order valence-electron chi connectivity index (χ2n) is 7.72. The standard InChI is InChI=1S/C23H27N5O2/c1-17(29)24-19-8-9-21-20(16-19)25-22(26(21)2)10-11-27-12-14-28(15-13-27)23(30)18-6-4-3-5-7-18/h3-9,16H,10-15H2,1-2H3,(H,24,29). The molecule has 1 aliphatic rings. The van der Waals surface area contributed by atoms with Crippen LogP contribution in [0.5, 0.6) is 0 Å². The quantitative estimate of drug-likeness (QED) is 0.708.